The van der Waals surface area contributed by atoms with Gasteiger partial charge in [-0.05, 0) is 0 Å². The van der Waals surface area contributed by atoms with Crippen molar-refractivity contribution in [2.24, 2.45) is 0 Å². The molecule has 3 aromatic rings. The average Bonchev–Trinajstić information content (AvgIpc) is 2.91. The maximum atomic E-state index is 15.3. The quantitative estimate of drug-likeness (QED) is 0.440. The molecule has 0 spiro atoms. The van der Waals surface area contributed by atoms with E-state index in [1.165, 1.54) is 12.6 Å². The van der Waals surface area contributed by atoms with Crippen LogP contribution in [-0.2, 0) is 9.31 Å². The summed E-state index contributed by atoms with van der Waals surface area (Å²) < 4.78 is 31.5. The zero-order valence-electron chi connectivity index (χ0n) is 17.2. The Morgan fingerprint density at radius 1 is 0.690 bits per heavy atom. The van der Waals surface area contributed by atoms with Gasteiger partial charge in [0.1, 0.15) is 0 Å². The second-order valence-electron chi connectivity index (χ2n) is 8.27. The van der Waals surface area contributed by atoms with E-state index in [2.05, 4.69) is 54.6 Å². The molecule has 148 valence electrons. The summed E-state index contributed by atoms with van der Waals surface area (Å²) >= 11 is -2.76. The molecule has 0 amide bonds. The van der Waals surface area contributed by atoms with Crippen LogP contribution in [0.5, 0.6) is 0 Å². The molecular weight excluding hydrogens is 559 g/mol. The van der Waals surface area contributed by atoms with Crippen LogP contribution < -0.4 is 15.3 Å². The fraction of sp³-hybridized carbons (Fsp3) is 0.250. The Morgan fingerprint density at radius 2 is 1.17 bits per heavy atom. The zero-order chi connectivity index (χ0) is 20.6. The summed E-state index contributed by atoms with van der Waals surface area (Å²) in [7, 11) is -0.707. The Morgan fingerprint density at radius 3 is 1.66 bits per heavy atom. The van der Waals surface area contributed by atoms with Gasteiger partial charge < -0.3 is 0 Å². The van der Waals surface area contributed by atoms with E-state index in [4.69, 9.17) is 9.31 Å². The Hall–Kier alpha value is -1.54. The van der Waals surface area contributed by atoms with Crippen LogP contribution in [0.2, 0.25) is 0 Å². The maximum absolute atomic E-state index is 15.3. The van der Waals surface area contributed by atoms with Crippen molar-refractivity contribution in [2.75, 3.05) is 0 Å². The zero-order valence-corrected chi connectivity index (χ0v) is 20.7. The molecule has 2 nitrogen and oxygen atoms in total. The van der Waals surface area contributed by atoms with E-state index in [1.807, 2.05) is 45.9 Å². The molecule has 1 aliphatic heterocycles. The van der Waals surface area contributed by atoms with Crippen LogP contribution in [0.25, 0.3) is 0 Å². The molecule has 1 heterocycles. The number of rotatable bonds is 4. The molecule has 0 bridgehead atoms. The van der Waals surface area contributed by atoms with Crippen LogP contribution in [0.1, 0.15) is 27.7 Å². The van der Waals surface area contributed by atoms with Gasteiger partial charge in [-0.15, -0.1) is 0 Å². The third kappa shape index (κ3) is 3.93. The summed E-state index contributed by atoms with van der Waals surface area (Å²) in [6, 6.07) is 26.4. The summed E-state index contributed by atoms with van der Waals surface area (Å²) in [6.07, 6.45) is 0. The topological polar surface area (TPSA) is 18.5 Å². The van der Waals surface area contributed by atoms with E-state index >= 15 is 4.39 Å². The van der Waals surface area contributed by atoms with Gasteiger partial charge in [0.05, 0.1) is 0 Å². The third-order valence-corrected chi connectivity index (χ3v) is 15.5. The van der Waals surface area contributed by atoms with Crippen molar-refractivity contribution in [2.45, 2.75) is 38.9 Å². The normalized spacial score (nSPS) is 17.7. The van der Waals surface area contributed by atoms with Crippen LogP contribution in [0.4, 0.5) is 4.39 Å². The van der Waals surface area contributed by atoms with Crippen molar-refractivity contribution in [1.82, 2.24) is 0 Å². The first-order valence-corrected chi connectivity index (χ1v) is 15.1. The molecule has 0 N–H and O–H groups in total. The second-order valence-corrected chi connectivity index (χ2v) is 16.8. The molecule has 5 heteroatoms. The van der Waals surface area contributed by atoms with Gasteiger partial charge in [-0.3, -0.25) is 0 Å². The van der Waals surface area contributed by atoms with Gasteiger partial charge in [-0.25, -0.2) is 0 Å². The first kappa shape index (κ1) is 20.7. The molecule has 1 aliphatic rings. The molecule has 0 aromatic heterocycles. The minimum atomic E-state index is -2.76. The van der Waals surface area contributed by atoms with Crippen molar-refractivity contribution >= 4 is 44.1 Å². The number of hydrogen-bond donors (Lipinski definition) is 0. The van der Waals surface area contributed by atoms with Crippen molar-refractivity contribution in [3.8, 4) is 0 Å². The van der Waals surface area contributed by atoms with E-state index in [0.717, 1.165) is 3.27 Å². The number of halogens is 1. The van der Waals surface area contributed by atoms with Crippen molar-refractivity contribution < 1.29 is 13.7 Å². The summed E-state index contributed by atoms with van der Waals surface area (Å²) in [5.41, 5.74) is -0.459. The van der Waals surface area contributed by atoms with E-state index in [-0.39, 0.29) is 5.82 Å². The fourth-order valence-electron chi connectivity index (χ4n) is 3.50. The molecule has 0 unspecified atom stereocenters. The number of benzene rings is 3. The van der Waals surface area contributed by atoms with Crippen LogP contribution in [0.15, 0.2) is 78.9 Å². The summed E-state index contributed by atoms with van der Waals surface area (Å²) in [5, 5.41) is 0. The van der Waals surface area contributed by atoms with Crippen molar-refractivity contribution in [1.29, 1.82) is 0 Å². The average molecular weight is 584 g/mol. The van der Waals surface area contributed by atoms with Gasteiger partial charge in [0.25, 0.3) is 0 Å². The van der Waals surface area contributed by atoms with E-state index in [9.17, 15) is 0 Å². The van der Waals surface area contributed by atoms with Crippen LogP contribution in [0, 0.1) is 5.82 Å². The Labute approximate surface area is 180 Å². The second kappa shape index (κ2) is 7.94. The molecule has 29 heavy (non-hydrogen) atoms. The monoisotopic (exact) mass is 584 g/mol. The molecular formula is C24H25BBiFO2. The molecule has 4 rings (SSSR count). The van der Waals surface area contributed by atoms with Gasteiger partial charge in [0, 0.05) is 0 Å². The van der Waals surface area contributed by atoms with Crippen molar-refractivity contribution in [3.63, 3.8) is 0 Å². The van der Waals surface area contributed by atoms with Gasteiger partial charge >= 0.3 is 181 Å². The minimum absolute atomic E-state index is 0.257. The van der Waals surface area contributed by atoms with Gasteiger partial charge in [0.15, 0.2) is 0 Å². The Bertz CT molecular complexity index is 937. The SMILES string of the molecule is CC1(C)OB(c2c(F)ccc[c]2[Bi]([c]2ccccc2)[c]2ccccc2)OC1(C)C. The van der Waals surface area contributed by atoms with Crippen molar-refractivity contribution in [3.05, 3.63) is 84.7 Å². The van der Waals surface area contributed by atoms with E-state index in [0.29, 0.717) is 5.46 Å². The first-order valence-electron chi connectivity index (χ1n) is 9.84. The third-order valence-electron chi connectivity index (χ3n) is 5.79. The molecule has 1 fully saturated rings. The first-order chi connectivity index (χ1) is 13.8. The van der Waals surface area contributed by atoms with Crippen LogP contribution in [0.3, 0.4) is 0 Å². The summed E-state index contributed by atoms with van der Waals surface area (Å²) in [4.78, 5) is 0. The van der Waals surface area contributed by atoms with Gasteiger partial charge in [-0.1, -0.05) is 0 Å². The van der Waals surface area contributed by atoms with E-state index < -0.39 is 40.1 Å². The standard InChI is InChI=1S/C12H15BFO2.2C6H5.Bi/c1-11(2)12(3,4)16-13(15-11)9-7-5-6-8-10(9)14;2*1-2-4-6-5-3-1;/h5-6,8H,1-4H3;2*1-5H;. The van der Waals surface area contributed by atoms with Gasteiger partial charge in [0.2, 0.25) is 0 Å². The Kier molecular flexibility index (Phi) is 5.68. The molecule has 0 saturated carbocycles. The fourth-order valence-corrected chi connectivity index (χ4v) is 13.1. The Balaban J connectivity index is 1.89. The summed E-state index contributed by atoms with van der Waals surface area (Å²) in [6.45, 7) is 8.01. The molecule has 3 aromatic carbocycles. The van der Waals surface area contributed by atoms with Crippen LogP contribution in [-0.4, -0.2) is 40.1 Å². The van der Waals surface area contributed by atoms with Crippen LogP contribution >= 0.6 is 0 Å². The number of hydrogen-bond acceptors (Lipinski definition) is 2. The predicted molar refractivity (Wildman–Crippen MR) is 120 cm³/mol. The molecule has 0 atom stereocenters. The summed E-state index contributed by atoms with van der Waals surface area (Å²) in [5.74, 6) is -0.257. The molecule has 1 saturated heterocycles. The van der Waals surface area contributed by atoms with E-state index in [1.54, 1.807) is 0 Å². The molecule has 0 aliphatic carbocycles. The van der Waals surface area contributed by atoms with Gasteiger partial charge in [-0.2, -0.15) is 0 Å². The predicted octanol–water partition coefficient (Wildman–Crippen LogP) is 2.64. The molecule has 0 radical (unpaired) electrons.